The number of nitrogens with one attached hydrogen (secondary N) is 1. The van der Waals surface area contributed by atoms with Gasteiger partial charge in [-0.05, 0) is 18.9 Å². The lowest BCUT2D eigenvalue weighted by Crippen LogP contribution is -2.53. The van der Waals surface area contributed by atoms with Crippen LogP contribution >= 0.6 is 0 Å². The highest BCUT2D eigenvalue weighted by atomic mass is 15.5. The minimum absolute atomic E-state index is 0.0410. The molecule has 0 amide bonds. The van der Waals surface area contributed by atoms with E-state index in [0.29, 0.717) is 6.04 Å². The van der Waals surface area contributed by atoms with Crippen molar-refractivity contribution in [2.45, 2.75) is 37.8 Å². The van der Waals surface area contributed by atoms with Crippen LogP contribution < -0.4 is 11.1 Å². The molecule has 1 aliphatic carbocycles. The first kappa shape index (κ1) is 12.0. The number of rotatable bonds is 1. The Bertz CT molecular complexity index is 339. The first-order valence-electron chi connectivity index (χ1n) is 7.11. The van der Waals surface area contributed by atoms with Gasteiger partial charge in [0.2, 0.25) is 0 Å². The van der Waals surface area contributed by atoms with Crippen LogP contribution in [0.15, 0.2) is 17.4 Å². The number of amidine groups is 1. The zero-order valence-electron chi connectivity index (χ0n) is 10.9. The second-order valence-corrected chi connectivity index (χ2v) is 5.38. The highest BCUT2D eigenvalue weighted by molar-refractivity contribution is 5.89. The number of piperazine rings is 1. The molecule has 0 aromatic carbocycles. The zero-order valence-corrected chi connectivity index (χ0v) is 10.9. The maximum atomic E-state index is 6.16. The van der Waals surface area contributed by atoms with Crippen LogP contribution in [0.5, 0.6) is 0 Å². The summed E-state index contributed by atoms with van der Waals surface area (Å²) in [6.07, 6.45) is 9.35. The Balaban J connectivity index is 1.73. The third-order valence-electron chi connectivity index (χ3n) is 4.10. The van der Waals surface area contributed by atoms with Crippen molar-refractivity contribution < 1.29 is 0 Å². The van der Waals surface area contributed by atoms with Gasteiger partial charge in [0, 0.05) is 32.4 Å². The Morgan fingerprint density at radius 1 is 1.22 bits per heavy atom. The van der Waals surface area contributed by atoms with Gasteiger partial charge in [-0.1, -0.05) is 12.8 Å². The molecular weight excluding hydrogens is 226 g/mol. The molecule has 0 spiro atoms. The van der Waals surface area contributed by atoms with Crippen molar-refractivity contribution in [2.24, 2.45) is 10.8 Å². The quantitative estimate of drug-likeness (QED) is 0.702. The molecule has 1 saturated heterocycles. The number of nitrogens with two attached hydrogens (primary N) is 1. The molecule has 0 bridgehead atoms. The fraction of sp³-hybridized carbons (Fsp3) is 0.769. The van der Waals surface area contributed by atoms with Crippen molar-refractivity contribution in [2.75, 3.05) is 26.2 Å². The predicted octanol–water partition coefficient (Wildman–Crippen LogP) is 0.304. The third-order valence-corrected chi connectivity index (χ3v) is 4.10. The predicted molar refractivity (Wildman–Crippen MR) is 73.1 cm³/mol. The SMILES string of the molecule is NC1C=CN(C2CCCC2)N=C1N1CCNCC1. The lowest BCUT2D eigenvalue weighted by atomic mass is 10.2. The van der Waals surface area contributed by atoms with E-state index in [-0.39, 0.29) is 6.04 Å². The number of nitrogens with zero attached hydrogens (tertiary/aromatic N) is 3. The number of hydrogen-bond donors (Lipinski definition) is 2. The minimum atomic E-state index is -0.0410. The molecule has 0 aromatic heterocycles. The van der Waals surface area contributed by atoms with Gasteiger partial charge in [0.25, 0.3) is 0 Å². The van der Waals surface area contributed by atoms with E-state index in [1.807, 2.05) is 0 Å². The summed E-state index contributed by atoms with van der Waals surface area (Å²) in [5.41, 5.74) is 6.16. The monoisotopic (exact) mass is 249 g/mol. The lowest BCUT2D eigenvalue weighted by Gasteiger charge is -2.36. The van der Waals surface area contributed by atoms with Crippen LogP contribution in [0.1, 0.15) is 25.7 Å². The third kappa shape index (κ3) is 2.37. The summed E-state index contributed by atoms with van der Waals surface area (Å²) in [5.74, 6) is 1.05. The van der Waals surface area contributed by atoms with Crippen LogP contribution in [-0.2, 0) is 0 Å². The first-order chi connectivity index (χ1) is 8.84. The van der Waals surface area contributed by atoms with E-state index in [2.05, 4.69) is 27.5 Å². The van der Waals surface area contributed by atoms with E-state index >= 15 is 0 Å². The molecule has 5 nitrogen and oxygen atoms in total. The maximum absolute atomic E-state index is 6.16. The first-order valence-corrected chi connectivity index (χ1v) is 7.11. The van der Waals surface area contributed by atoms with E-state index in [0.717, 1.165) is 32.0 Å². The summed E-state index contributed by atoms with van der Waals surface area (Å²) >= 11 is 0. The Hall–Kier alpha value is -1.07. The standard InChI is InChI=1S/C13H23N5/c14-12-5-8-18(11-3-1-2-4-11)16-13(12)17-9-6-15-7-10-17/h5,8,11-12,15H,1-4,6-7,9-10,14H2. The van der Waals surface area contributed by atoms with E-state index < -0.39 is 0 Å². The van der Waals surface area contributed by atoms with Crippen molar-refractivity contribution in [1.29, 1.82) is 0 Å². The molecule has 2 aliphatic heterocycles. The fourth-order valence-corrected chi connectivity index (χ4v) is 3.03. The highest BCUT2D eigenvalue weighted by Crippen LogP contribution is 2.25. The molecule has 0 aromatic rings. The molecule has 3 aliphatic rings. The second-order valence-electron chi connectivity index (χ2n) is 5.38. The molecule has 1 saturated carbocycles. The molecule has 2 heterocycles. The topological polar surface area (TPSA) is 56.9 Å². The van der Waals surface area contributed by atoms with Crippen molar-refractivity contribution in [3.05, 3.63) is 12.3 Å². The smallest absolute Gasteiger partial charge is 0.146 e. The van der Waals surface area contributed by atoms with Gasteiger partial charge in [-0.3, -0.25) is 5.01 Å². The average molecular weight is 249 g/mol. The molecule has 3 N–H and O–H groups in total. The van der Waals surface area contributed by atoms with E-state index in [1.165, 1.54) is 25.7 Å². The summed E-state index contributed by atoms with van der Waals surface area (Å²) in [6.45, 7) is 4.08. The molecular formula is C13H23N5. The van der Waals surface area contributed by atoms with Crippen molar-refractivity contribution in [3.63, 3.8) is 0 Å². The number of hydrazone groups is 1. The van der Waals surface area contributed by atoms with Gasteiger partial charge >= 0.3 is 0 Å². The summed E-state index contributed by atoms with van der Waals surface area (Å²) in [6, 6.07) is 0.549. The minimum Gasteiger partial charge on any atom is -0.354 e. The van der Waals surface area contributed by atoms with Crippen LogP contribution in [0, 0.1) is 0 Å². The van der Waals surface area contributed by atoms with Gasteiger partial charge in [-0.2, -0.15) is 5.10 Å². The highest BCUT2D eigenvalue weighted by Gasteiger charge is 2.27. The van der Waals surface area contributed by atoms with Gasteiger partial charge in [-0.15, -0.1) is 0 Å². The average Bonchev–Trinajstić information content (AvgIpc) is 2.94. The van der Waals surface area contributed by atoms with Crippen LogP contribution in [0.3, 0.4) is 0 Å². The van der Waals surface area contributed by atoms with Crippen LogP contribution in [-0.4, -0.2) is 54.0 Å². The molecule has 18 heavy (non-hydrogen) atoms. The van der Waals surface area contributed by atoms with Crippen LogP contribution in [0.4, 0.5) is 0 Å². The second kappa shape index (κ2) is 5.28. The van der Waals surface area contributed by atoms with Gasteiger partial charge < -0.3 is 16.0 Å². The largest absolute Gasteiger partial charge is 0.354 e. The normalized spacial score (nSPS) is 29.8. The van der Waals surface area contributed by atoms with E-state index in [4.69, 9.17) is 10.8 Å². The van der Waals surface area contributed by atoms with E-state index in [9.17, 15) is 0 Å². The summed E-state index contributed by atoms with van der Waals surface area (Å²) in [7, 11) is 0. The van der Waals surface area contributed by atoms with E-state index in [1.54, 1.807) is 0 Å². The lowest BCUT2D eigenvalue weighted by molar-refractivity contribution is 0.268. The summed E-state index contributed by atoms with van der Waals surface area (Å²) in [4.78, 5) is 2.33. The van der Waals surface area contributed by atoms with Gasteiger partial charge in [0.1, 0.15) is 5.84 Å². The fourth-order valence-electron chi connectivity index (χ4n) is 3.03. The molecule has 1 unspecified atom stereocenters. The molecule has 3 rings (SSSR count). The Labute approximate surface area is 109 Å². The molecule has 0 radical (unpaired) electrons. The van der Waals surface area contributed by atoms with Gasteiger partial charge in [0.05, 0.1) is 12.1 Å². The Morgan fingerprint density at radius 3 is 2.67 bits per heavy atom. The summed E-state index contributed by atoms with van der Waals surface area (Å²) in [5, 5.41) is 10.3. The van der Waals surface area contributed by atoms with Gasteiger partial charge in [0.15, 0.2) is 0 Å². The molecule has 5 heteroatoms. The number of hydrogen-bond acceptors (Lipinski definition) is 5. The van der Waals surface area contributed by atoms with Crippen molar-refractivity contribution in [1.82, 2.24) is 15.2 Å². The zero-order chi connectivity index (χ0) is 12.4. The molecule has 1 atom stereocenters. The van der Waals surface area contributed by atoms with Crippen LogP contribution in [0.25, 0.3) is 0 Å². The maximum Gasteiger partial charge on any atom is 0.146 e. The van der Waals surface area contributed by atoms with Crippen molar-refractivity contribution in [3.8, 4) is 0 Å². The molecule has 2 fully saturated rings. The Kier molecular flexibility index (Phi) is 3.52. The van der Waals surface area contributed by atoms with Crippen molar-refractivity contribution >= 4 is 5.84 Å². The Morgan fingerprint density at radius 2 is 1.94 bits per heavy atom. The summed E-state index contributed by atoms with van der Waals surface area (Å²) < 4.78 is 0. The van der Waals surface area contributed by atoms with Crippen LogP contribution in [0.2, 0.25) is 0 Å². The van der Waals surface area contributed by atoms with Gasteiger partial charge in [-0.25, -0.2) is 0 Å². The molecule has 100 valence electrons.